The van der Waals surface area contributed by atoms with Gasteiger partial charge in [-0.3, -0.25) is 0 Å². The van der Waals surface area contributed by atoms with Gasteiger partial charge < -0.3 is 15.5 Å². The Morgan fingerprint density at radius 1 is 1.53 bits per heavy atom. The summed E-state index contributed by atoms with van der Waals surface area (Å²) in [5.41, 5.74) is 6.42. The average molecular weight is 275 g/mol. The number of thiocarbonyl (C=S) groups is 1. The lowest BCUT2D eigenvalue weighted by Gasteiger charge is -2.14. The fourth-order valence-electron chi connectivity index (χ4n) is 1.80. The van der Waals surface area contributed by atoms with Gasteiger partial charge in [-0.05, 0) is 37.6 Å². The molecule has 100 valence electrons. The molecular weight excluding hydrogens is 258 g/mol. The minimum absolute atomic E-state index is 0.291. The molecule has 2 heterocycles. The molecule has 0 aliphatic carbocycles. The third kappa shape index (κ3) is 4.06. The molecule has 0 amide bonds. The van der Waals surface area contributed by atoms with E-state index in [2.05, 4.69) is 17.2 Å². The zero-order valence-electron chi connectivity index (χ0n) is 10.8. The predicted octanol–water partition coefficient (Wildman–Crippen LogP) is 2.74. The van der Waals surface area contributed by atoms with Crippen LogP contribution in [-0.2, 0) is 6.42 Å². The Morgan fingerprint density at radius 2 is 2.37 bits per heavy atom. The first-order chi connectivity index (χ1) is 9.15. The molecule has 0 aliphatic heterocycles. The van der Waals surface area contributed by atoms with E-state index in [1.54, 1.807) is 18.5 Å². The van der Waals surface area contributed by atoms with Crippen molar-refractivity contribution in [3.05, 3.63) is 48.0 Å². The van der Waals surface area contributed by atoms with Gasteiger partial charge in [0.15, 0.2) is 0 Å². The molecule has 0 spiro atoms. The lowest BCUT2D eigenvalue weighted by Crippen LogP contribution is -2.17. The van der Waals surface area contributed by atoms with Crippen LogP contribution in [0.25, 0.3) is 0 Å². The maximum absolute atomic E-state index is 5.60. The first kappa shape index (κ1) is 13.5. The van der Waals surface area contributed by atoms with E-state index >= 15 is 0 Å². The van der Waals surface area contributed by atoms with Crippen LogP contribution in [0.15, 0.2) is 41.1 Å². The summed E-state index contributed by atoms with van der Waals surface area (Å²) in [5, 5.41) is 3.33. The molecule has 0 saturated heterocycles. The van der Waals surface area contributed by atoms with Gasteiger partial charge in [0.1, 0.15) is 16.6 Å². The third-order valence-corrected chi connectivity index (χ3v) is 3.08. The second kappa shape index (κ2) is 6.33. The average Bonchev–Trinajstić information content (AvgIpc) is 2.90. The molecule has 5 heteroatoms. The Balaban J connectivity index is 1.89. The molecule has 0 bridgehead atoms. The molecular formula is C14H17N3OS. The van der Waals surface area contributed by atoms with E-state index in [0.717, 1.165) is 30.0 Å². The molecule has 3 N–H and O–H groups in total. The van der Waals surface area contributed by atoms with Crippen molar-refractivity contribution in [2.45, 2.75) is 25.8 Å². The lowest BCUT2D eigenvalue weighted by molar-refractivity contribution is 0.495. The second-order valence-corrected chi connectivity index (χ2v) is 4.90. The van der Waals surface area contributed by atoms with E-state index in [0.29, 0.717) is 11.0 Å². The predicted molar refractivity (Wildman–Crippen MR) is 80.2 cm³/mol. The Kier molecular flexibility index (Phi) is 4.52. The number of pyridine rings is 1. The van der Waals surface area contributed by atoms with Crippen LogP contribution in [0.5, 0.6) is 0 Å². The third-order valence-electron chi connectivity index (χ3n) is 2.84. The Bertz CT molecular complexity index is 539. The van der Waals surface area contributed by atoms with Crippen molar-refractivity contribution in [1.82, 2.24) is 4.98 Å². The normalized spacial score (nSPS) is 12.1. The molecule has 1 unspecified atom stereocenters. The van der Waals surface area contributed by atoms with Crippen LogP contribution in [-0.4, -0.2) is 16.0 Å². The number of furan rings is 1. The number of nitrogens with one attached hydrogen (secondary N) is 1. The summed E-state index contributed by atoms with van der Waals surface area (Å²) < 4.78 is 5.31. The number of nitrogens with zero attached hydrogens (tertiary/aromatic N) is 1. The summed E-state index contributed by atoms with van der Waals surface area (Å²) in [4.78, 5) is 4.64. The number of nitrogens with two attached hydrogens (primary N) is 1. The summed E-state index contributed by atoms with van der Waals surface area (Å²) in [5.74, 6) is 1.79. The largest absolute Gasteiger partial charge is 0.469 e. The number of hydrogen-bond acceptors (Lipinski definition) is 4. The van der Waals surface area contributed by atoms with Crippen molar-refractivity contribution in [2.75, 3.05) is 5.32 Å². The van der Waals surface area contributed by atoms with Crippen molar-refractivity contribution in [3.8, 4) is 0 Å². The van der Waals surface area contributed by atoms with Gasteiger partial charge in [0.05, 0.1) is 6.26 Å². The first-order valence-electron chi connectivity index (χ1n) is 6.20. The van der Waals surface area contributed by atoms with Crippen LogP contribution < -0.4 is 11.1 Å². The summed E-state index contributed by atoms with van der Waals surface area (Å²) in [6, 6.07) is 7.85. The standard InChI is InChI=1S/C14H17N3OS/c1-10(4-5-12-3-2-8-18-12)17-13-9-11(14(15)19)6-7-16-13/h2-3,6-10H,4-5H2,1H3,(H2,15,19)(H,16,17). The van der Waals surface area contributed by atoms with Crippen molar-refractivity contribution >= 4 is 23.0 Å². The van der Waals surface area contributed by atoms with E-state index in [-0.39, 0.29) is 0 Å². The molecule has 0 aliphatic rings. The molecule has 0 fully saturated rings. The fraction of sp³-hybridized carbons (Fsp3) is 0.286. The van der Waals surface area contributed by atoms with E-state index in [1.807, 2.05) is 18.2 Å². The fourth-order valence-corrected chi connectivity index (χ4v) is 1.93. The van der Waals surface area contributed by atoms with Gasteiger partial charge >= 0.3 is 0 Å². The van der Waals surface area contributed by atoms with Crippen LogP contribution in [0.1, 0.15) is 24.7 Å². The highest BCUT2D eigenvalue weighted by Crippen LogP contribution is 2.11. The van der Waals surface area contributed by atoms with Gasteiger partial charge in [-0.2, -0.15) is 0 Å². The van der Waals surface area contributed by atoms with Gasteiger partial charge in [0, 0.05) is 24.2 Å². The van der Waals surface area contributed by atoms with Gasteiger partial charge in [-0.15, -0.1) is 0 Å². The first-order valence-corrected chi connectivity index (χ1v) is 6.61. The molecule has 0 radical (unpaired) electrons. The molecule has 2 rings (SSSR count). The molecule has 2 aromatic rings. The highest BCUT2D eigenvalue weighted by molar-refractivity contribution is 7.80. The number of rotatable bonds is 6. The van der Waals surface area contributed by atoms with Gasteiger partial charge in [0.2, 0.25) is 0 Å². The highest BCUT2D eigenvalue weighted by atomic mass is 32.1. The summed E-state index contributed by atoms with van der Waals surface area (Å²) in [6.07, 6.45) is 5.26. The zero-order valence-corrected chi connectivity index (χ0v) is 11.6. The highest BCUT2D eigenvalue weighted by Gasteiger charge is 2.06. The molecule has 0 aromatic carbocycles. The van der Waals surface area contributed by atoms with Crippen molar-refractivity contribution in [3.63, 3.8) is 0 Å². The molecule has 0 saturated carbocycles. The Labute approximate surface area is 118 Å². The molecule has 1 atom stereocenters. The number of anilines is 1. The zero-order chi connectivity index (χ0) is 13.7. The van der Waals surface area contributed by atoms with Crippen LogP contribution in [0.3, 0.4) is 0 Å². The minimum atomic E-state index is 0.291. The van der Waals surface area contributed by atoms with Crippen molar-refractivity contribution in [2.24, 2.45) is 5.73 Å². The van der Waals surface area contributed by atoms with E-state index in [4.69, 9.17) is 22.4 Å². The summed E-state index contributed by atoms with van der Waals surface area (Å²) >= 11 is 4.95. The van der Waals surface area contributed by atoms with Gasteiger partial charge in [0.25, 0.3) is 0 Å². The van der Waals surface area contributed by atoms with Crippen LogP contribution in [0, 0.1) is 0 Å². The number of hydrogen-bond donors (Lipinski definition) is 2. The maximum Gasteiger partial charge on any atom is 0.126 e. The number of aromatic nitrogens is 1. The maximum atomic E-state index is 5.60. The van der Waals surface area contributed by atoms with Crippen molar-refractivity contribution < 1.29 is 4.42 Å². The monoisotopic (exact) mass is 275 g/mol. The van der Waals surface area contributed by atoms with Gasteiger partial charge in [-0.25, -0.2) is 4.98 Å². The van der Waals surface area contributed by atoms with Crippen LogP contribution >= 0.6 is 12.2 Å². The topological polar surface area (TPSA) is 64.1 Å². The minimum Gasteiger partial charge on any atom is -0.469 e. The van der Waals surface area contributed by atoms with Gasteiger partial charge in [-0.1, -0.05) is 12.2 Å². The van der Waals surface area contributed by atoms with Crippen molar-refractivity contribution in [1.29, 1.82) is 0 Å². The molecule has 4 nitrogen and oxygen atoms in total. The molecule has 19 heavy (non-hydrogen) atoms. The van der Waals surface area contributed by atoms with E-state index in [1.165, 1.54) is 0 Å². The molecule has 2 aromatic heterocycles. The van der Waals surface area contributed by atoms with Crippen LogP contribution in [0.2, 0.25) is 0 Å². The van der Waals surface area contributed by atoms with E-state index < -0.39 is 0 Å². The SMILES string of the molecule is CC(CCc1ccco1)Nc1cc(C(N)=S)ccn1. The second-order valence-electron chi connectivity index (χ2n) is 4.46. The Morgan fingerprint density at radius 3 is 3.05 bits per heavy atom. The quantitative estimate of drug-likeness (QED) is 0.794. The van der Waals surface area contributed by atoms with E-state index in [9.17, 15) is 0 Å². The Hall–Kier alpha value is -1.88. The smallest absolute Gasteiger partial charge is 0.126 e. The summed E-state index contributed by atoms with van der Waals surface area (Å²) in [7, 11) is 0. The number of aryl methyl sites for hydroxylation is 1. The summed E-state index contributed by atoms with van der Waals surface area (Å²) in [6.45, 7) is 2.11. The van der Waals surface area contributed by atoms with Crippen LogP contribution in [0.4, 0.5) is 5.82 Å². The lowest BCUT2D eigenvalue weighted by atomic mass is 10.1.